The summed E-state index contributed by atoms with van der Waals surface area (Å²) in [5.41, 5.74) is -1.48. The molecule has 1 aliphatic rings. The van der Waals surface area contributed by atoms with Gasteiger partial charge in [0.15, 0.2) is 0 Å². The summed E-state index contributed by atoms with van der Waals surface area (Å²) in [6.45, 7) is -0.215. The van der Waals surface area contributed by atoms with Crippen LogP contribution in [0, 0.1) is 4.78 Å². The second-order valence-electron chi connectivity index (χ2n) is 7.72. The Labute approximate surface area is 192 Å². The van der Waals surface area contributed by atoms with Gasteiger partial charge in [-0.3, -0.25) is 4.79 Å². The van der Waals surface area contributed by atoms with Crippen molar-refractivity contribution in [3.63, 3.8) is 0 Å². The van der Waals surface area contributed by atoms with Gasteiger partial charge in [-0.05, 0) is 30.7 Å². The molecule has 0 aliphatic carbocycles. The Morgan fingerprint density at radius 2 is 1.94 bits per heavy atom. The molecule has 1 unspecified atom stereocenters. The average Bonchev–Trinajstić information content (AvgIpc) is 2.87. The highest BCUT2D eigenvalue weighted by Gasteiger charge is 2.37. The van der Waals surface area contributed by atoms with Gasteiger partial charge in [0.2, 0.25) is 5.92 Å². The Morgan fingerprint density at radius 3 is 2.58 bits per heavy atom. The largest absolute Gasteiger partial charge is 0.417 e. The van der Waals surface area contributed by atoms with E-state index in [9.17, 15) is 31.0 Å². The molecule has 6 nitrogen and oxygen atoms in total. The number of anilines is 2. The fourth-order valence-corrected chi connectivity index (χ4v) is 4.31. The molecular formula is C20H20ClF5N4O2S. The van der Waals surface area contributed by atoms with Crippen LogP contribution in [0.4, 0.5) is 33.3 Å². The van der Waals surface area contributed by atoms with E-state index >= 15 is 0 Å². The molecular weight excluding hydrogens is 491 g/mol. The van der Waals surface area contributed by atoms with E-state index in [2.05, 4.69) is 10.3 Å². The number of amides is 1. The van der Waals surface area contributed by atoms with Crippen molar-refractivity contribution in [2.45, 2.75) is 36.4 Å². The lowest BCUT2D eigenvalue weighted by Gasteiger charge is -2.27. The molecule has 2 N–H and O–H groups in total. The first-order chi connectivity index (χ1) is 15.2. The minimum absolute atomic E-state index is 0.0279. The molecule has 2 aromatic rings. The Kier molecular flexibility index (Phi) is 6.90. The third-order valence-electron chi connectivity index (χ3n) is 5.09. The summed E-state index contributed by atoms with van der Waals surface area (Å²) in [4.78, 5) is 18.1. The summed E-state index contributed by atoms with van der Waals surface area (Å²) < 4.78 is 87.5. The number of carbonyl (C=O) groups is 1. The summed E-state index contributed by atoms with van der Waals surface area (Å²) in [5, 5.41) is 1.66. The van der Waals surface area contributed by atoms with Crippen molar-refractivity contribution < 1.29 is 31.0 Å². The number of rotatable bonds is 4. The van der Waals surface area contributed by atoms with Gasteiger partial charge in [0.1, 0.15) is 5.03 Å². The Morgan fingerprint density at radius 1 is 1.24 bits per heavy atom. The minimum atomic E-state index is -4.81. The van der Waals surface area contributed by atoms with Crippen LogP contribution in [0.25, 0.3) is 0 Å². The highest BCUT2D eigenvalue weighted by Crippen LogP contribution is 2.40. The lowest BCUT2D eigenvalue weighted by Crippen LogP contribution is -2.29. The molecule has 180 valence electrons. The first-order valence-corrected chi connectivity index (χ1v) is 12.1. The molecule has 1 saturated heterocycles. The number of halogens is 6. The summed E-state index contributed by atoms with van der Waals surface area (Å²) in [6.07, 6.45) is -3.40. The second-order valence-corrected chi connectivity index (χ2v) is 10.2. The number of nitrogens with one attached hydrogen (secondary N) is 2. The fraction of sp³-hybridized carbons (Fsp3) is 0.400. The van der Waals surface area contributed by atoms with Gasteiger partial charge in [0, 0.05) is 44.1 Å². The zero-order chi connectivity index (χ0) is 24.6. The van der Waals surface area contributed by atoms with E-state index in [0.29, 0.717) is 6.07 Å². The molecule has 0 saturated carbocycles. The van der Waals surface area contributed by atoms with Gasteiger partial charge < -0.3 is 10.2 Å². The maximum absolute atomic E-state index is 13.8. The normalized spacial score (nSPS) is 18.3. The van der Waals surface area contributed by atoms with E-state index in [1.54, 1.807) is 0 Å². The number of hydrogen-bond donors (Lipinski definition) is 2. The number of aromatic nitrogens is 1. The average molecular weight is 511 g/mol. The van der Waals surface area contributed by atoms with Crippen molar-refractivity contribution >= 4 is 38.6 Å². The van der Waals surface area contributed by atoms with Crippen LogP contribution in [0.5, 0.6) is 0 Å². The van der Waals surface area contributed by atoms with Gasteiger partial charge in [-0.25, -0.2) is 22.8 Å². The van der Waals surface area contributed by atoms with Crippen LogP contribution in [0.2, 0.25) is 5.02 Å². The first kappa shape index (κ1) is 25.2. The SMILES string of the molecule is CS(=N)(=O)c1cc(NC(=O)c2cc(Cl)c(C(F)(F)F)cc2N2CCCC(F)(F)CC2)ccn1. The number of benzene rings is 1. The lowest BCUT2D eigenvalue weighted by molar-refractivity contribution is -0.137. The summed E-state index contributed by atoms with van der Waals surface area (Å²) >= 11 is 5.82. The quantitative estimate of drug-likeness (QED) is 0.519. The molecule has 2 heterocycles. The molecule has 0 radical (unpaired) electrons. The monoisotopic (exact) mass is 510 g/mol. The van der Waals surface area contributed by atoms with Gasteiger partial charge in [0.05, 0.1) is 31.6 Å². The van der Waals surface area contributed by atoms with Crippen molar-refractivity contribution in [3.8, 4) is 0 Å². The molecule has 1 aliphatic heterocycles. The molecule has 1 aromatic heterocycles. The highest BCUT2D eigenvalue weighted by atomic mass is 35.5. The van der Waals surface area contributed by atoms with E-state index in [4.69, 9.17) is 16.4 Å². The van der Waals surface area contributed by atoms with Gasteiger partial charge >= 0.3 is 6.18 Å². The van der Waals surface area contributed by atoms with E-state index in [1.165, 1.54) is 23.2 Å². The van der Waals surface area contributed by atoms with Gasteiger partial charge in [0.25, 0.3) is 5.91 Å². The fourth-order valence-electron chi connectivity index (χ4n) is 3.43. The Balaban J connectivity index is 2.03. The van der Waals surface area contributed by atoms with E-state index in [0.717, 1.165) is 12.3 Å². The van der Waals surface area contributed by atoms with Gasteiger partial charge in [-0.1, -0.05) is 11.6 Å². The highest BCUT2D eigenvalue weighted by molar-refractivity contribution is 7.91. The molecule has 1 amide bonds. The van der Waals surface area contributed by atoms with E-state index < -0.39 is 51.2 Å². The molecule has 1 aromatic carbocycles. The third-order valence-corrected chi connectivity index (χ3v) is 6.42. The number of nitrogens with zero attached hydrogens (tertiary/aromatic N) is 2. The molecule has 1 atom stereocenters. The minimum Gasteiger partial charge on any atom is -0.371 e. The summed E-state index contributed by atoms with van der Waals surface area (Å²) in [5.74, 6) is -3.80. The molecule has 0 bridgehead atoms. The molecule has 0 spiro atoms. The molecule has 33 heavy (non-hydrogen) atoms. The zero-order valence-corrected chi connectivity index (χ0v) is 18.9. The number of pyridine rings is 1. The third kappa shape index (κ3) is 6.11. The maximum Gasteiger partial charge on any atom is 0.417 e. The number of hydrogen-bond acceptors (Lipinski definition) is 5. The van der Waals surface area contributed by atoms with Crippen molar-refractivity contribution in [2.75, 3.05) is 29.6 Å². The van der Waals surface area contributed by atoms with Crippen molar-refractivity contribution in [2.24, 2.45) is 0 Å². The Bertz CT molecular complexity index is 1170. The summed E-state index contributed by atoms with van der Waals surface area (Å²) in [7, 11) is -3.18. The lowest BCUT2D eigenvalue weighted by atomic mass is 10.1. The first-order valence-electron chi connectivity index (χ1n) is 9.72. The Hall–Kier alpha value is -2.47. The van der Waals surface area contributed by atoms with Crippen LogP contribution in [-0.4, -0.2) is 40.4 Å². The maximum atomic E-state index is 13.8. The molecule has 3 rings (SSSR count). The van der Waals surface area contributed by atoms with Gasteiger partial charge in [-0.2, -0.15) is 13.2 Å². The molecule has 1 fully saturated rings. The van der Waals surface area contributed by atoms with Crippen LogP contribution in [-0.2, 0) is 15.9 Å². The number of alkyl halides is 5. The van der Waals surface area contributed by atoms with Crippen molar-refractivity contribution in [3.05, 3.63) is 46.6 Å². The van der Waals surface area contributed by atoms with Gasteiger partial charge in [-0.15, -0.1) is 0 Å². The predicted octanol–water partition coefficient (Wildman–Crippen LogP) is 5.67. The molecule has 13 heteroatoms. The van der Waals surface area contributed by atoms with E-state index in [1.807, 2.05) is 0 Å². The smallest absolute Gasteiger partial charge is 0.371 e. The summed E-state index contributed by atoms with van der Waals surface area (Å²) in [6, 6.07) is 4.12. The predicted molar refractivity (Wildman–Crippen MR) is 115 cm³/mol. The van der Waals surface area contributed by atoms with E-state index in [-0.39, 0.29) is 41.5 Å². The van der Waals surface area contributed by atoms with Crippen molar-refractivity contribution in [1.82, 2.24) is 4.98 Å². The topological polar surface area (TPSA) is 86.2 Å². The van der Waals surface area contributed by atoms with Crippen LogP contribution < -0.4 is 10.2 Å². The zero-order valence-electron chi connectivity index (χ0n) is 17.3. The number of carbonyl (C=O) groups excluding carboxylic acids is 1. The standard InChI is InChI=1S/C20H20ClF5N4O2S/c1-33(27,32)17-9-12(3-6-28-17)29-18(31)13-10-15(21)14(20(24,25)26)11-16(13)30-7-2-4-19(22,23)5-8-30/h3,6,9-11,27H,2,4-5,7-8H2,1H3,(H,28,29,31). The van der Waals surface area contributed by atoms with Crippen LogP contribution in [0.1, 0.15) is 35.2 Å². The second kappa shape index (κ2) is 9.05. The van der Waals surface area contributed by atoms with Crippen LogP contribution in [0.15, 0.2) is 35.5 Å². The van der Waals surface area contributed by atoms with Crippen molar-refractivity contribution in [1.29, 1.82) is 4.78 Å². The van der Waals surface area contributed by atoms with Crippen LogP contribution >= 0.6 is 11.6 Å². The van der Waals surface area contributed by atoms with Crippen LogP contribution in [0.3, 0.4) is 0 Å².